The molecule has 0 spiro atoms. The highest BCUT2D eigenvalue weighted by atomic mass is 35.5. The number of thiocarbonyl (C=S) groups is 1. The summed E-state index contributed by atoms with van der Waals surface area (Å²) >= 11 is 11.2. The number of rotatable bonds is 6. The number of methoxy groups -OCH3 is 1. The van der Waals surface area contributed by atoms with Crippen LogP contribution in [0.1, 0.15) is 11.5 Å². The van der Waals surface area contributed by atoms with Crippen molar-refractivity contribution < 1.29 is 18.7 Å². The molecule has 0 atom stereocenters. The highest BCUT2D eigenvalue weighted by molar-refractivity contribution is 7.80. The lowest BCUT2D eigenvalue weighted by Gasteiger charge is -2.17. The Morgan fingerprint density at radius 3 is 2.67 bits per heavy atom. The molecule has 0 bridgehead atoms. The summed E-state index contributed by atoms with van der Waals surface area (Å²) in [5, 5.41) is 3.85. The second kappa shape index (κ2) is 8.61. The summed E-state index contributed by atoms with van der Waals surface area (Å²) in [5.41, 5.74) is 0.882. The minimum atomic E-state index is -0.292. The van der Waals surface area contributed by atoms with Crippen molar-refractivity contribution in [1.82, 2.24) is 5.32 Å². The summed E-state index contributed by atoms with van der Waals surface area (Å²) in [6.45, 7) is 0.248. The van der Waals surface area contributed by atoms with E-state index in [2.05, 4.69) is 5.32 Å². The highest BCUT2D eigenvalue weighted by Gasteiger charge is 2.33. The van der Waals surface area contributed by atoms with Crippen LogP contribution in [0.4, 0.5) is 5.69 Å². The molecule has 0 unspecified atom stereocenters. The minimum Gasteiger partial charge on any atom is -0.495 e. The smallest absolute Gasteiger partial charge is 0.281 e. The average molecular weight is 441 g/mol. The van der Waals surface area contributed by atoms with Gasteiger partial charge in [-0.3, -0.25) is 4.79 Å². The quantitative estimate of drug-likeness (QED) is 0.439. The van der Waals surface area contributed by atoms with Crippen LogP contribution in [0.2, 0.25) is 5.02 Å². The maximum Gasteiger partial charge on any atom is 0.281 e. The minimum absolute atomic E-state index is 0.248. The van der Waals surface area contributed by atoms with Crippen LogP contribution in [0.5, 0.6) is 11.5 Å². The van der Waals surface area contributed by atoms with Crippen LogP contribution in [-0.2, 0) is 11.4 Å². The molecule has 0 radical (unpaired) electrons. The van der Waals surface area contributed by atoms with E-state index in [-0.39, 0.29) is 17.6 Å². The highest BCUT2D eigenvalue weighted by Crippen LogP contribution is 2.31. The van der Waals surface area contributed by atoms with E-state index in [1.54, 1.807) is 61.7 Å². The molecule has 1 amide bonds. The largest absolute Gasteiger partial charge is 0.495 e. The van der Waals surface area contributed by atoms with E-state index in [9.17, 15) is 4.79 Å². The predicted octanol–water partition coefficient (Wildman–Crippen LogP) is 4.78. The van der Waals surface area contributed by atoms with E-state index >= 15 is 0 Å². The van der Waals surface area contributed by atoms with Crippen LogP contribution in [-0.4, -0.2) is 18.1 Å². The number of carbonyl (C=O) groups is 1. The van der Waals surface area contributed by atoms with Crippen molar-refractivity contribution in [3.05, 3.63) is 82.9 Å². The average Bonchev–Trinajstić information content (AvgIpc) is 3.31. The Morgan fingerprint density at radius 2 is 1.90 bits per heavy atom. The van der Waals surface area contributed by atoms with Crippen LogP contribution in [0.15, 0.2) is 70.8 Å². The Balaban J connectivity index is 1.48. The van der Waals surface area contributed by atoms with Gasteiger partial charge in [-0.15, -0.1) is 0 Å². The normalized spacial score (nSPS) is 14.9. The summed E-state index contributed by atoms with van der Waals surface area (Å²) in [5.74, 6) is 2.06. The summed E-state index contributed by atoms with van der Waals surface area (Å²) in [4.78, 5) is 14.3. The second-order valence-corrected chi connectivity index (χ2v) is 7.17. The van der Waals surface area contributed by atoms with Gasteiger partial charge in [0.2, 0.25) is 0 Å². The van der Waals surface area contributed by atoms with E-state index in [1.807, 2.05) is 12.1 Å². The molecule has 1 fully saturated rings. The van der Waals surface area contributed by atoms with Crippen LogP contribution < -0.4 is 19.7 Å². The third-order valence-electron chi connectivity index (χ3n) is 4.37. The van der Waals surface area contributed by atoms with Gasteiger partial charge in [0.25, 0.3) is 5.91 Å². The van der Waals surface area contributed by atoms with Gasteiger partial charge in [0.05, 0.1) is 12.8 Å². The van der Waals surface area contributed by atoms with Gasteiger partial charge >= 0.3 is 0 Å². The van der Waals surface area contributed by atoms with Gasteiger partial charge in [-0.05, 0) is 60.7 Å². The number of anilines is 1. The Kier molecular flexibility index (Phi) is 5.74. The Morgan fingerprint density at radius 1 is 1.13 bits per heavy atom. The second-order valence-electron chi connectivity index (χ2n) is 6.35. The summed E-state index contributed by atoms with van der Waals surface area (Å²) in [6.07, 6.45) is 1.61. The molecule has 152 valence electrons. The van der Waals surface area contributed by atoms with E-state index < -0.39 is 0 Å². The molecule has 4 rings (SSSR count). The van der Waals surface area contributed by atoms with Gasteiger partial charge in [0, 0.05) is 11.1 Å². The zero-order chi connectivity index (χ0) is 21.1. The van der Waals surface area contributed by atoms with Crippen LogP contribution in [0, 0.1) is 0 Å². The number of carbonyl (C=O) groups excluding carboxylic acids is 1. The first-order valence-corrected chi connectivity index (χ1v) is 9.81. The molecule has 1 aliphatic heterocycles. The van der Waals surface area contributed by atoms with Crippen LogP contribution in [0.3, 0.4) is 0 Å². The number of hydrogen-bond donors (Lipinski definition) is 1. The van der Waals surface area contributed by atoms with Crippen LogP contribution in [0.25, 0.3) is 6.08 Å². The number of nitrogens with zero attached hydrogens (tertiary/aromatic N) is 1. The topological polar surface area (TPSA) is 63.9 Å². The number of amides is 1. The Hall–Kier alpha value is -3.29. The molecule has 1 saturated heterocycles. The lowest BCUT2D eigenvalue weighted by atomic mass is 10.2. The number of halogens is 1. The number of benzene rings is 2. The summed E-state index contributed by atoms with van der Waals surface area (Å²) < 4.78 is 16.8. The third-order valence-corrected chi connectivity index (χ3v) is 4.90. The molecular weight excluding hydrogens is 424 g/mol. The van der Waals surface area contributed by atoms with Crippen molar-refractivity contribution in [3.63, 3.8) is 0 Å². The van der Waals surface area contributed by atoms with E-state index in [1.165, 1.54) is 4.90 Å². The fourth-order valence-corrected chi connectivity index (χ4v) is 3.36. The first-order valence-electron chi connectivity index (χ1n) is 9.02. The maximum atomic E-state index is 12.9. The zero-order valence-electron chi connectivity index (χ0n) is 15.9. The van der Waals surface area contributed by atoms with Gasteiger partial charge in [-0.1, -0.05) is 23.7 Å². The van der Waals surface area contributed by atoms with Crippen molar-refractivity contribution in [2.24, 2.45) is 0 Å². The molecule has 30 heavy (non-hydrogen) atoms. The summed E-state index contributed by atoms with van der Waals surface area (Å²) in [6, 6.07) is 17.8. The van der Waals surface area contributed by atoms with Crippen molar-refractivity contribution >= 4 is 46.6 Å². The lowest BCUT2D eigenvalue weighted by molar-refractivity contribution is -0.113. The fraction of sp³-hybridized carbons (Fsp3) is 0.0909. The molecule has 8 heteroatoms. The number of para-hydroxylation sites is 2. The number of nitrogens with one attached hydrogen (secondary N) is 1. The first kappa shape index (κ1) is 20.0. The summed E-state index contributed by atoms with van der Waals surface area (Å²) in [7, 11) is 1.54. The molecule has 1 N–H and O–H groups in total. The Bertz CT molecular complexity index is 1120. The monoisotopic (exact) mass is 440 g/mol. The first-order chi connectivity index (χ1) is 14.5. The molecule has 2 aromatic carbocycles. The van der Waals surface area contributed by atoms with Gasteiger partial charge in [0.15, 0.2) is 5.11 Å². The molecule has 1 aliphatic rings. The zero-order valence-corrected chi connectivity index (χ0v) is 17.5. The molecule has 0 aliphatic carbocycles. The molecule has 2 heterocycles. The number of hydrogen-bond acceptors (Lipinski definition) is 5. The SMILES string of the molecule is COc1ccccc1N1C(=O)/C(=C\c2ccc(COc3ccc(Cl)cc3)o2)NC1=S. The van der Waals surface area contributed by atoms with Crippen LogP contribution >= 0.6 is 23.8 Å². The number of ether oxygens (including phenoxy) is 2. The molecule has 0 saturated carbocycles. The molecule has 6 nitrogen and oxygen atoms in total. The van der Waals surface area contributed by atoms with Crippen molar-refractivity contribution in [2.45, 2.75) is 6.61 Å². The van der Waals surface area contributed by atoms with Gasteiger partial charge in [-0.25, -0.2) is 4.90 Å². The fourth-order valence-electron chi connectivity index (χ4n) is 2.95. The van der Waals surface area contributed by atoms with Gasteiger partial charge in [-0.2, -0.15) is 0 Å². The molecule has 3 aromatic rings. The molecule has 1 aromatic heterocycles. The van der Waals surface area contributed by atoms with E-state index in [0.29, 0.717) is 39.4 Å². The molecular formula is C22H17ClN2O4S. The lowest BCUT2D eigenvalue weighted by Crippen LogP contribution is -2.30. The van der Waals surface area contributed by atoms with Gasteiger partial charge in [0.1, 0.15) is 35.3 Å². The standard InChI is InChI=1S/C22H17ClN2O4S/c1-27-20-5-3-2-4-19(20)25-21(26)18(24-22(25)30)12-16-10-11-17(29-16)13-28-15-8-6-14(23)7-9-15/h2-12H,13H2,1H3,(H,24,30)/b18-12+. The number of furan rings is 1. The van der Waals surface area contributed by atoms with E-state index in [0.717, 1.165) is 0 Å². The van der Waals surface area contributed by atoms with Crippen molar-refractivity contribution in [1.29, 1.82) is 0 Å². The van der Waals surface area contributed by atoms with Crippen molar-refractivity contribution in [2.75, 3.05) is 12.0 Å². The Labute approximate surface area is 183 Å². The third kappa shape index (κ3) is 4.17. The predicted molar refractivity (Wildman–Crippen MR) is 119 cm³/mol. The van der Waals surface area contributed by atoms with E-state index in [4.69, 9.17) is 37.7 Å². The van der Waals surface area contributed by atoms with Crippen molar-refractivity contribution in [3.8, 4) is 11.5 Å². The maximum absolute atomic E-state index is 12.9. The van der Waals surface area contributed by atoms with Gasteiger partial charge < -0.3 is 19.2 Å².